The second-order valence-corrected chi connectivity index (χ2v) is 6.22. The summed E-state index contributed by atoms with van der Waals surface area (Å²) < 4.78 is 13.9. The van der Waals surface area contributed by atoms with Gasteiger partial charge in [-0.1, -0.05) is 25.5 Å². The van der Waals surface area contributed by atoms with Gasteiger partial charge in [0.25, 0.3) is 0 Å². The van der Waals surface area contributed by atoms with Crippen molar-refractivity contribution >= 4 is 11.3 Å². The van der Waals surface area contributed by atoms with Gasteiger partial charge in [-0.25, -0.2) is 4.39 Å². The van der Waals surface area contributed by atoms with Gasteiger partial charge >= 0.3 is 0 Å². The third kappa shape index (κ3) is 3.47. The van der Waals surface area contributed by atoms with Crippen molar-refractivity contribution < 1.29 is 4.39 Å². The maximum Gasteiger partial charge on any atom is 0.131 e. The minimum absolute atomic E-state index is 0.140. The van der Waals surface area contributed by atoms with Crippen LogP contribution in [-0.2, 0) is 0 Å². The maximum atomic E-state index is 13.9. The van der Waals surface area contributed by atoms with Crippen LogP contribution in [0.15, 0.2) is 30.3 Å². The summed E-state index contributed by atoms with van der Waals surface area (Å²) in [7, 11) is 0. The van der Waals surface area contributed by atoms with E-state index < -0.39 is 0 Å². The Morgan fingerprint density at radius 1 is 1.20 bits per heavy atom. The fourth-order valence-corrected chi connectivity index (χ4v) is 3.46. The van der Waals surface area contributed by atoms with Crippen molar-refractivity contribution in [3.63, 3.8) is 0 Å². The van der Waals surface area contributed by atoms with E-state index in [2.05, 4.69) is 25.2 Å². The molecule has 0 saturated carbocycles. The van der Waals surface area contributed by atoms with Crippen LogP contribution in [0.4, 0.5) is 4.39 Å². The van der Waals surface area contributed by atoms with Crippen molar-refractivity contribution in [2.45, 2.75) is 39.7 Å². The Hall–Kier alpha value is -1.19. The number of thiophene rings is 1. The number of benzene rings is 1. The average molecular weight is 291 g/mol. The van der Waals surface area contributed by atoms with Gasteiger partial charge in [-0.15, -0.1) is 11.3 Å². The van der Waals surface area contributed by atoms with Crippen molar-refractivity contribution in [2.24, 2.45) is 0 Å². The summed E-state index contributed by atoms with van der Waals surface area (Å²) in [4.78, 5) is 2.30. The molecule has 1 unspecified atom stereocenters. The SMILES string of the molecule is CCCNC(CC)c1ccc(-c2cc(C)ccc2F)s1. The number of hydrogen-bond donors (Lipinski definition) is 1. The molecule has 1 N–H and O–H groups in total. The zero-order valence-electron chi connectivity index (χ0n) is 12.4. The molecule has 2 aromatic rings. The molecule has 0 aliphatic carbocycles. The van der Waals surface area contributed by atoms with E-state index in [-0.39, 0.29) is 5.82 Å². The Bertz CT molecular complexity index is 562. The molecule has 20 heavy (non-hydrogen) atoms. The Morgan fingerprint density at radius 3 is 2.70 bits per heavy atom. The Morgan fingerprint density at radius 2 is 2.00 bits per heavy atom. The molecule has 3 heteroatoms. The highest BCUT2D eigenvalue weighted by molar-refractivity contribution is 7.15. The predicted octanol–water partition coefficient (Wildman–Crippen LogP) is 5.31. The molecule has 0 fully saturated rings. The first-order chi connectivity index (χ1) is 9.65. The van der Waals surface area contributed by atoms with Gasteiger partial charge in [-0.05, 0) is 50.6 Å². The molecule has 1 atom stereocenters. The van der Waals surface area contributed by atoms with Gasteiger partial charge in [0, 0.05) is 21.4 Å². The smallest absolute Gasteiger partial charge is 0.131 e. The van der Waals surface area contributed by atoms with Crippen LogP contribution >= 0.6 is 11.3 Å². The van der Waals surface area contributed by atoms with E-state index in [0.29, 0.717) is 11.6 Å². The lowest BCUT2D eigenvalue weighted by Crippen LogP contribution is -2.20. The topological polar surface area (TPSA) is 12.0 Å². The standard InChI is InChI=1S/C17H22FNS/c1-4-10-19-15(5-2)17-9-8-16(20-17)13-11-12(3)6-7-14(13)18/h6-9,11,15,19H,4-5,10H2,1-3H3. The van der Waals surface area contributed by atoms with Crippen LogP contribution < -0.4 is 5.32 Å². The monoisotopic (exact) mass is 291 g/mol. The second-order valence-electron chi connectivity index (χ2n) is 5.10. The van der Waals surface area contributed by atoms with Crippen molar-refractivity contribution in [1.29, 1.82) is 0 Å². The van der Waals surface area contributed by atoms with Gasteiger partial charge in [0.1, 0.15) is 5.82 Å². The predicted molar refractivity (Wildman–Crippen MR) is 85.8 cm³/mol. The first-order valence-electron chi connectivity index (χ1n) is 7.25. The molecule has 0 bridgehead atoms. The average Bonchev–Trinajstić information content (AvgIpc) is 2.92. The van der Waals surface area contributed by atoms with E-state index >= 15 is 0 Å². The summed E-state index contributed by atoms with van der Waals surface area (Å²) in [5.74, 6) is -0.140. The highest BCUT2D eigenvalue weighted by Gasteiger charge is 2.13. The second kappa shape index (κ2) is 7.00. The molecule has 0 radical (unpaired) electrons. The van der Waals surface area contributed by atoms with Crippen LogP contribution in [0.3, 0.4) is 0 Å². The molecule has 0 spiro atoms. The lowest BCUT2D eigenvalue weighted by molar-refractivity contribution is 0.525. The van der Waals surface area contributed by atoms with Gasteiger partial charge in [-0.3, -0.25) is 0 Å². The van der Waals surface area contributed by atoms with Crippen LogP contribution in [0.2, 0.25) is 0 Å². The van der Waals surface area contributed by atoms with Crippen LogP contribution in [-0.4, -0.2) is 6.54 Å². The number of rotatable bonds is 6. The Labute approximate surface area is 124 Å². The molecule has 108 valence electrons. The minimum Gasteiger partial charge on any atom is -0.309 e. The van der Waals surface area contributed by atoms with Gasteiger partial charge < -0.3 is 5.32 Å². The minimum atomic E-state index is -0.140. The summed E-state index contributed by atoms with van der Waals surface area (Å²) in [6.07, 6.45) is 2.18. The summed E-state index contributed by atoms with van der Waals surface area (Å²) in [5, 5.41) is 3.54. The van der Waals surface area contributed by atoms with Gasteiger partial charge in [-0.2, -0.15) is 0 Å². The van der Waals surface area contributed by atoms with Gasteiger partial charge in [0.05, 0.1) is 0 Å². The largest absolute Gasteiger partial charge is 0.309 e. The summed E-state index contributed by atoms with van der Waals surface area (Å²) in [5.41, 5.74) is 1.80. The molecular weight excluding hydrogens is 269 g/mol. The number of nitrogens with one attached hydrogen (secondary N) is 1. The summed E-state index contributed by atoms with van der Waals surface area (Å²) >= 11 is 1.69. The zero-order valence-corrected chi connectivity index (χ0v) is 13.2. The molecular formula is C17H22FNS. The number of halogens is 1. The molecule has 0 amide bonds. The zero-order chi connectivity index (χ0) is 14.5. The fraction of sp³-hybridized carbons (Fsp3) is 0.412. The van der Waals surface area contributed by atoms with Crippen molar-refractivity contribution in [3.05, 3.63) is 46.6 Å². The summed E-state index contributed by atoms with van der Waals surface area (Å²) in [6, 6.07) is 9.82. The van der Waals surface area contributed by atoms with Gasteiger partial charge in [0.2, 0.25) is 0 Å². The molecule has 0 aliphatic rings. The van der Waals surface area contributed by atoms with Crippen molar-refractivity contribution in [2.75, 3.05) is 6.54 Å². The van der Waals surface area contributed by atoms with Crippen LogP contribution in [0.5, 0.6) is 0 Å². The van der Waals surface area contributed by atoms with Gasteiger partial charge in [0.15, 0.2) is 0 Å². The molecule has 1 aromatic carbocycles. The third-order valence-electron chi connectivity index (χ3n) is 3.41. The van der Waals surface area contributed by atoms with E-state index in [9.17, 15) is 4.39 Å². The lowest BCUT2D eigenvalue weighted by Gasteiger charge is -2.14. The van der Waals surface area contributed by atoms with Crippen LogP contribution in [0.25, 0.3) is 10.4 Å². The van der Waals surface area contributed by atoms with Crippen molar-refractivity contribution in [3.8, 4) is 10.4 Å². The van der Waals surface area contributed by atoms with Crippen LogP contribution in [0, 0.1) is 12.7 Å². The first-order valence-corrected chi connectivity index (χ1v) is 8.07. The Kier molecular flexibility index (Phi) is 5.32. The first kappa shape index (κ1) is 15.2. The molecule has 1 nitrogen and oxygen atoms in total. The molecule has 1 aromatic heterocycles. The van der Waals surface area contributed by atoms with E-state index in [1.807, 2.05) is 25.1 Å². The number of aryl methyl sites for hydroxylation is 1. The maximum absolute atomic E-state index is 13.9. The van der Waals surface area contributed by atoms with E-state index in [4.69, 9.17) is 0 Å². The highest BCUT2D eigenvalue weighted by Crippen LogP contribution is 2.34. The third-order valence-corrected chi connectivity index (χ3v) is 4.64. The normalized spacial score (nSPS) is 12.6. The summed E-state index contributed by atoms with van der Waals surface area (Å²) in [6.45, 7) is 7.36. The van der Waals surface area contributed by atoms with Crippen molar-refractivity contribution in [1.82, 2.24) is 5.32 Å². The van der Waals surface area contributed by atoms with E-state index in [1.54, 1.807) is 17.4 Å². The fourth-order valence-electron chi connectivity index (χ4n) is 2.28. The molecule has 0 saturated heterocycles. The molecule has 0 aliphatic heterocycles. The molecule has 1 heterocycles. The Balaban J connectivity index is 2.25. The van der Waals surface area contributed by atoms with Crippen LogP contribution in [0.1, 0.15) is 43.2 Å². The quantitative estimate of drug-likeness (QED) is 0.760. The van der Waals surface area contributed by atoms with E-state index in [0.717, 1.165) is 29.8 Å². The molecule has 2 rings (SSSR count). The number of hydrogen-bond acceptors (Lipinski definition) is 2. The van der Waals surface area contributed by atoms with E-state index in [1.165, 1.54) is 4.88 Å². The highest BCUT2D eigenvalue weighted by atomic mass is 32.1. The lowest BCUT2D eigenvalue weighted by atomic mass is 10.1.